The van der Waals surface area contributed by atoms with Crippen LogP contribution < -0.4 is 9.64 Å². The molecular weight excluding hydrogens is 591 g/mol. The quantitative estimate of drug-likeness (QED) is 0.287. The van der Waals surface area contributed by atoms with Crippen LogP contribution in [0.3, 0.4) is 0 Å². The molecule has 1 N–H and O–H groups in total. The van der Waals surface area contributed by atoms with Crippen molar-refractivity contribution >= 4 is 48.2 Å². The van der Waals surface area contributed by atoms with Crippen molar-refractivity contribution in [3.8, 4) is 6.01 Å². The van der Waals surface area contributed by atoms with Crippen LogP contribution in [0.1, 0.15) is 59.8 Å². The Morgan fingerprint density at radius 2 is 1.80 bits per heavy atom. The lowest BCUT2D eigenvalue weighted by atomic mass is 9.86. The Labute approximate surface area is 251 Å². The van der Waals surface area contributed by atoms with Crippen molar-refractivity contribution in [3.63, 3.8) is 0 Å². The second kappa shape index (κ2) is 11.0. The normalized spacial score (nSPS) is 29.4. The molecule has 5 rings (SSSR count). The van der Waals surface area contributed by atoms with E-state index in [1.807, 2.05) is 4.90 Å². The van der Waals surface area contributed by atoms with E-state index in [1.54, 1.807) is 6.92 Å². The molecule has 0 spiro atoms. The maximum atomic E-state index is 15.5. The predicted octanol–water partition coefficient (Wildman–Crippen LogP) is 6.17. The van der Waals surface area contributed by atoms with Crippen LogP contribution in [0.4, 0.5) is 14.6 Å². The van der Waals surface area contributed by atoms with Crippen LogP contribution in [0.5, 0.6) is 6.01 Å². The summed E-state index contributed by atoms with van der Waals surface area (Å²) in [5.74, 6) is -0.528. The number of pyridine rings is 1. The summed E-state index contributed by atoms with van der Waals surface area (Å²) in [7, 11) is -2.17. The van der Waals surface area contributed by atoms with Gasteiger partial charge < -0.3 is 19.2 Å². The number of alkyl halides is 1. The molecule has 3 aliphatic heterocycles. The van der Waals surface area contributed by atoms with Gasteiger partial charge in [-0.15, -0.1) is 0 Å². The van der Waals surface area contributed by atoms with Crippen LogP contribution in [0, 0.1) is 5.82 Å². The largest absolute Gasteiger partial charge is 0.461 e. The van der Waals surface area contributed by atoms with E-state index >= 15 is 4.39 Å². The van der Waals surface area contributed by atoms with Gasteiger partial charge in [-0.25, -0.2) is 13.8 Å². The first-order chi connectivity index (χ1) is 19.0. The lowest BCUT2D eigenvalue weighted by molar-refractivity contribution is -0.00953. The van der Waals surface area contributed by atoms with E-state index in [1.165, 1.54) is 0 Å². The number of fused-ring (bicyclic) bond motifs is 2. The second-order valence-corrected chi connectivity index (χ2v) is 19.2. The van der Waals surface area contributed by atoms with Gasteiger partial charge in [-0.2, -0.15) is 9.97 Å². The van der Waals surface area contributed by atoms with Crippen LogP contribution in [0.25, 0.3) is 10.9 Å². The van der Waals surface area contributed by atoms with Crippen molar-refractivity contribution in [1.29, 1.82) is 0 Å². The lowest BCUT2D eigenvalue weighted by Gasteiger charge is -2.48. The number of hydrogen-bond acceptors (Lipinski definition) is 8. The molecule has 41 heavy (non-hydrogen) atoms. The Morgan fingerprint density at radius 3 is 2.51 bits per heavy atom. The molecule has 0 saturated carbocycles. The smallest absolute Gasteiger partial charge is 0.319 e. The van der Waals surface area contributed by atoms with E-state index in [4.69, 9.17) is 37.3 Å². The molecule has 0 unspecified atom stereocenters. The molecule has 8 nitrogen and oxygen atoms in total. The molecule has 2 aromatic heterocycles. The first-order valence-electron chi connectivity index (χ1n) is 14.4. The third-order valence-corrected chi connectivity index (χ3v) is 14.8. The molecule has 3 fully saturated rings. The molecule has 0 amide bonds. The van der Waals surface area contributed by atoms with Gasteiger partial charge in [0.1, 0.15) is 29.3 Å². The van der Waals surface area contributed by atoms with Gasteiger partial charge in [0.15, 0.2) is 19.3 Å². The molecule has 13 heteroatoms. The molecule has 0 radical (unpaired) electrons. The summed E-state index contributed by atoms with van der Waals surface area (Å²) in [6.45, 7) is 14.8. The molecule has 228 valence electrons. The first kappa shape index (κ1) is 31.1. The molecule has 0 aliphatic carbocycles. The van der Waals surface area contributed by atoms with Crippen molar-refractivity contribution in [1.82, 2.24) is 19.9 Å². The maximum absolute atomic E-state index is 15.5. The van der Waals surface area contributed by atoms with Gasteiger partial charge in [-0.3, -0.25) is 4.90 Å². The van der Waals surface area contributed by atoms with Crippen LogP contribution in [0.2, 0.25) is 28.4 Å². The number of halogens is 4. The Hall–Kier alpha value is -1.37. The maximum Gasteiger partial charge on any atom is 0.319 e. The number of aromatic nitrogens is 3. The van der Waals surface area contributed by atoms with E-state index in [9.17, 15) is 9.50 Å². The third-order valence-electron chi connectivity index (χ3n) is 9.75. The minimum Gasteiger partial charge on any atom is -0.461 e. The fourth-order valence-electron chi connectivity index (χ4n) is 6.28. The number of ether oxygens (including phenoxy) is 1. The van der Waals surface area contributed by atoms with Gasteiger partial charge in [-0.1, -0.05) is 44.0 Å². The van der Waals surface area contributed by atoms with Gasteiger partial charge in [-0.05, 0) is 57.3 Å². The number of rotatable bonds is 7. The van der Waals surface area contributed by atoms with Crippen molar-refractivity contribution in [2.24, 2.45) is 0 Å². The molecule has 4 atom stereocenters. The number of aliphatic hydroxyl groups is 1. The number of hydrogen-bond donors (Lipinski definition) is 1. The first-order valence-corrected chi connectivity index (χ1v) is 18.1. The van der Waals surface area contributed by atoms with Crippen LogP contribution in [0.15, 0.2) is 0 Å². The number of piperidine rings is 1. The van der Waals surface area contributed by atoms with E-state index < -0.39 is 42.6 Å². The summed E-state index contributed by atoms with van der Waals surface area (Å²) in [5, 5.41) is 11.3. The van der Waals surface area contributed by atoms with E-state index in [0.717, 1.165) is 19.4 Å². The van der Waals surface area contributed by atoms with Gasteiger partial charge in [0.2, 0.25) is 0 Å². The highest BCUT2D eigenvalue weighted by Gasteiger charge is 2.50. The Kier molecular flexibility index (Phi) is 8.31. The predicted molar refractivity (Wildman–Crippen MR) is 160 cm³/mol. The van der Waals surface area contributed by atoms with Gasteiger partial charge in [0.05, 0.1) is 29.2 Å². The standard InChI is InChI=1S/C28H41Cl2F2N5O3Si/c1-26(2,3)41(5,6)40-15-18-27(4,38)9-7-12-37(18)24-19-21(20(32)23(30)34-22(19)29)33-25(35-24)39-16-28-10-8-11-36(28)14-17(31)13-28/h17-18,38H,7-16H2,1-6H3/t17-,18-,27-,28+/m1/s1. The van der Waals surface area contributed by atoms with Crippen LogP contribution in [-0.4, -0.2) is 89.5 Å². The van der Waals surface area contributed by atoms with E-state index in [0.29, 0.717) is 38.2 Å². The van der Waals surface area contributed by atoms with Crippen molar-refractivity contribution in [3.05, 3.63) is 16.1 Å². The summed E-state index contributed by atoms with van der Waals surface area (Å²) >= 11 is 12.6. The lowest BCUT2D eigenvalue weighted by Crippen LogP contribution is -2.59. The molecule has 0 aromatic carbocycles. The average molecular weight is 633 g/mol. The summed E-state index contributed by atoms with van der Waals surface area (Å²) in [6.07, 6.45) is 2.48. The van der Waals surface area contributed by atoms with Crippen molar-refractivity contribution in [2.45, 2.75) is 101 Å². The highest BCUT2D eigenvalue weighted by atomic mass is 35.5. The molecule has 5 heterocycles. The van der Waals surface area contributed by atoms with E-state index in [2.05, 4.69) is 48.7 Å². The molecule has 2 aromatic rings. The fourth-order valence-corrected chi connectivity index (χ4v) is 7.76. The number of nitrogens with zero attached hydrogens (tertiary/aromatic N) is 5. The summed E-state index contributed by atoms with van der Waals surface area (Å²) in [6, 6.07) is -0.556. The van der Waals surface area contributed by atoms with Crippen LogP contribution in [-0.2, 0) is 4.43 Å². The summed E-state index contributed by atoms with van der Waals surface area (Å²) in [5.41, 5.74) is -1.66. The molecule has 3 aliphatic rings. The fraction of sp³-hybridized carbons (Fsp3) is 0.750. The van der Waals surface area contributed by atoms with E-state index in [-0.39, 0.29) is 40.3 Å². The average Bonchev–Trinajstić information content (AvgIpc) is 3.39. The minimum absolute atomic E-state index is 0.0273. The Morgan fingerprint density at radius 1 is 1.10 bits per heavy atom. The Balaban J connectivity index is 1.56. The SMILES string of the molecule is CC(C)(C)[Si](C)(C)OC[C@H]1N(c2nc(OC[C@@]34CCCN3C[C@H](F)C4)nc3c(F)c(Cl)nc(Cl)c23)CCC[C@@]1(C)O. The van der Waals surface area contributed by atoms with Crippen LogP contribution >= 0.6 is 23.2 Å². The van der Waals surface area contributed by atoms with Gasteiger partial charge in [0.25, 0.3) is 0 Å². The topological polar surface area (TPSA) is 83.8 Å². The zero-order chi connectivity index (χ0) is 30.0. The molecular formula is C28H41Cl2F2N5O3Si. The monoisotopic (exact) mass is 631 g/mol. The highest BCUT2D eigenvalue weighted by Crippen LogP contribution is 2.43. The molecule has 0 bridgehead atoms. The highest BCUT2D eigenvalue weighted by molar-refractivity contribution is 6.74. The summed E-state index contributed by atoms with van der Waals surface area (Å²) < 4.78 is 42.5. The van der Waals surface area contributed by atoms with Gasteiger partial charge >= 0.3 is 6.01 Å². The number of anilines is 1. The van der Waals surface area contributed by atoms with Gasteiger partial charge in [0, 0.05) is 19.5 Å². The minimum atomic E-state index is -2.17. The summed E-state index contributed by atoms with van der Waals surface area (Å²) in [4.78, 5) is 17.2. The van der Waals surface area contributed by atoms with Crippen molar-refractivity contribution in [2.75, 3.05) is 37.7 Å². The zero-order valence-corrected chi connectivity index (χ0v) is 27.2. The second-order valence-electron chi connectivity index (χ2n) is 13.7. The van der Waals surface area contributed by atoms with Crippen molar-refractivity contribution < 1.29 is 23.1 Å². The zero-order valence-electron chi connectivity index (χ0n) is 24.7. The molecule has 3 saturated heterocycles. The third kappa shape index (κ3) is 5.79. The Bertz CT molecular complexity index is 1310.